The van der Waals surface area contributed by atoms with Crippen molar-refractivity contribution in [2.45, 2.75) is 51.5 Å². The Balaban J connectivity index is 2.09. The molecule has 1 saturated carbocycles. The van der Waals surface area contributed by atoms with Crippen molar-refractivity contribution in [3.63, 3.8) is 0 Å². The summed E-state index contributed by atoms with van der Waals surface area (Å²) in [5.74, 6) is -0.438. The summed E-state index contributed by atoms with van der Waals surface area (Å²) < 4.78 is 26.7. The van der Waals surface area contributed by atoms with Crippen LogP contribution in [0.15, 0.2) is 18.2 Å². The smallest absolute Gasteiger partial charge is 0.129 e. The van der Waals surface area contributed by atoms with Crippen LogP contribution in [0, 0.1) is 17.6 Å². The van der Waals surface area contributed by atoms with Gasteiger partial charge in [-0.15, -0.1) is 0 Å². The van der Waals surface area contributed by atoms with Crippen LogP contribution in [-0.4, -0.2) is 12.6 Å². The summed E-state index contributed by atoms with van der Waals surface area (Å²) >= 11 is 0. The predicted octanol–water partition coefficient (Wildman–Crippen LogP) is 4.07. The van der Waals surface area contributed by atoms with E-state index in [0.717, 1.165) is 19.0 Å². The van der Waals surface area contributed by atoms with Crippen LogP contribution in [0.2, 0.25) is 0 Å². The van der Waals surface area contributed by atoms with Gasteiger partial charge >= 0.3 is 0 Å². The van der Waals surface area contributed by atoms with E-state index in [9.17, 15) is 8.78 Å². The molecule has 1 N–H and O–H groups in total. The maximum atomic E-state index is 13.8. The van der Waals surface area contributed by atoms with Gasteiger partial charge in [0.1, 0.15) is 11.6 Å². The summed E-state index contributed by atoms with van der Waals surface area (Å²) in [7, 11) is 0. The molecule has 0 radical (unpaired) electrons. The molecule has 2 rings (SSSR count). The summed E-state index contributed by atoms with van der Waals surface area (Å²) in [6.45, 7) is 3.06. The molecule has 1 fully saturated rings. The third-order valence-corrected chi connectivity index (χ3v) is 4.12. The monoisotopic (exact) mass is 267 g/mol. The Morgan fingerprint density at radius 2 is 1.95 bits per heavy atom. The Hall–Kier alpha value is -0.960. The Bertz CT molecular complexity index is 406. The normalized spacial score (nSPS) is 24.2. The number of hydrogen-bond donors (Lipinski definition) is 1. The fourth-order valence-corrected chi connectivity index (χ4v) is 3.13. The van der Waals surface area contributed by atoms with Crippen LogP contribution in [0.3, 0.4) is 0 Å². The van der Waals surface area contributed by atoms with Crippen molar-refractivity contribution in [1.29, 1.82) is 0 Å². The third-order valence-electron chi connectivity index (χ3n) is 4.12. The maximum absolute atomic E-state index is 13.8. The lowest BCUT2D eigenvalue weighted by molar-refractivity contribution is 0.334. The highest BCUT2D eigenvalue weighted by Gasteiger charge is 2.24. The molecule has 0 aromatic heterocycles. The van der Waals surface area contributed by atoms with Crippen LogP contribution in [0.25, 0.3) is 0 Å². The first-order chi connectivity index (χ1) is 9.20. The van der Waals surface area contributed by atoms with Crippen LogP contribution in [0.4, 0.5) is 8.78 Å². The SMILES string of the molecule is CCNC1CCCCCC1Cc1ccc(F)cc1F. The van der Waals surface area contributed by atoms with Gasteiger partial charge in [0.05, 0.1) is 0 Å². The maximum Gasteiger partial charge on any atom is 0.129 e. The average Bonchev–Trinajstić information content (AvgIpc) is 2.59. The number of hydrogen-bond acceptors (Lipinski definition) is 1. The molecule has 19 heavy (non-hydrogen) atoms. The average molecular weight is 267 g/mol. The molecule has 2 atom stereocenters. The van der Waals surface area contributed by atoms with E-state index >= 15 is 0 Å². The highest BCUT2D eigenvalue weighted by atomic mass is 19.1. The van der Waals surface area contributed by atoms with E-state index < -0.39 is 11.6 Å². The lowest BCUT2D eigenvalue weighted by Gasteiger charge is -2.26. The zero-order chi connectivity index (χ0) is 13.7. The minimum Gasteiger partial charge on any atom is -0.314 e. The molecule has 0 bridgehead atoms. The van der Waals surface area contributed by atoms with Gasteiger partial charge in [-0.25, -0.2) is 8.78 Å². The number of nitrogens with one attached hydrogen (secondary N) is 1. The summed E-state index contributed by atoms with van der Waals surface area (Å²) in [5.41, 5.74) is 0.649. The summed E-state index contributed by atoms with van der Waals surface area (Å²) in [4.78, 5) is 0. The van der Waals surface area contributed by atoms with Gasteiger partial charge in [0.2, 0.25) is 0 Å². The van der Waals surface area contributed by atoms with Crippen molar-refractivity contribution >= 4 is 0 Å². The number of halogens is 2. The zero-order valence-corrected chi connectivity index (χ0v) is 11.6. The van der Waals surface area contributed by atoms with E-state index in [1.165, 1.54) is 31.7 Å². The molecular weight excluding hydrogens is 244 g/mol. The minimum absolute atomic E-state index is 0.403. The van der Waals surface area contributed by atoms with E-state index in [1.54, 1.807) is 6.07 Å². The topological polar surface area (TPSA) is 12.0 Å². The Labute approximate surface area is 114 Å². The van der Waals surface area contributed by atoms with Gasteiger partial charge in [0, 0.05) is 12.1 Å². The zero-order valence-electron chi connectivity index (χ0n) is 11.6. The van der Waals surface area contributed by atoms with Gasteiger partial charge in [-0.2, -0.15) is 0 Å². The van der Waals surface area contributed by atoms with Crippen LogP contribution in [0.5, 0.6) is 0 Å². The lowest BCUT2D eigenvalue weighted by atomic mass is 9.88. The van der Waals surface area contributed by atoms with Crippen LogP contribution in [0.1, 0.15) is 44.6 Å². The molecule has 0 amide bonds. The minimum atomic E-state index is -0.495. The summed E-state index contributed by atoms with van der Waals surface area (Å²) in [5, 5.41) is 3.53. The van der Waals surface area contributed by atoms with Gasteiger partial charge in [0.25, 0.3) is 0 Å². The van der Waals surface area contributed by atoms with Gasteiger partial charge < -0.3 is 5.32 Å². The van der Waals surface area contributed by atoms with Crippen LogP contribution < -0.4 is 5.32 Å². The molecule has 2 unspecified atom stereocenters. The fourth-order valence-electron chi connectivity index (χ4n) is 3.13. The molecule has 1 aliphatic rings. The van der Waals surface area contributed by atoms with Crippen LogP contribution in [-0.2, 0) is 6.42 Å². The van der Waals surface area contributed by atoms with Crippen molar-refractivity contribution in [3.8, 4) is 0 Å². The standard InChI is InChI=1S/C16H23F2N/c1-2-19-16-7-5-3-4-6-13(16)10-12-8-9-14(17)11-15(12)18/h8-9,11,13,16,19H,2-7,10H2,1H3. The van der Waals surface area contributed by atoms with Gasteiger partial charge in [-0.1, -0.05) is 32.3 Å². The summed E-state index contributed by atoms with van der Waals surface area (Å²) in [6.07, 6.45) is 6.75. The van der Waals surface area contributed by atoms with E-state index in [1.807, 2.05) is 0 Å². The van der Waals surface area contributed by atoms with E-state index in [4.69, 9.17) is 0 Å². The van der Waals surface area contributed by atoms with E-state index in [-0.39, 0.29) is 0 Å². The fraction of sp³-hybridized carbons (Fsp3) is 0.625. The van der Waals surface area contributed by atoms with E-state index in [2.05, 4.69) is 12.2 Å². The Kier molecular flexibility index (Phi) is 5.32. The summed E-state index contributed by atoms with van der Waals surface area (Å²) in [6, 6.07) is 4.42. The highest BCUT2D eigenvalue weighted by molar-refractivity contribution is 5.19. The van der Waals surface area contributed by atoms with Crippen molar-refractivity contribution in [2.75, 3.05) is 6.54 Å². The van der Waals surface area contributed by atoms with Gasteiger partial charge in [-0.05, 0) is 43.4 Å². The molecule has 0 spiro atoms. The second-order valence-electron chi connectivity index (χ2n) is 5.50. The van der Waals surface area contributed by atoms with Crippen LogP contribution >= 0.6 is 0 Å². The molecule has 1 aromatic carbocycles. The first-order valence-corrected chi connectivity index (χ1v) is 7.38. The molecule has 3 heteroatoms. The highest BCUT2D eigenvalue weighted by Crippen LogP contribution is 2.27. The van der Waals surface area contributed by atoms with Crippen molar-refractivity contribution in [2.24, 2.45) is 5.92 Å². The molecule has 106 valence electrons. The van der Waals surface area contributed by atoms with Crippen molar-refractivity contribution in [3.05, 3.63) is 35.4 Å². The largest absolute Gasteiger partial charge is 0.314 e. The van der Waals surface area contributed by atoms with Gasteiger partial charge in [0.15, 0.2) is 0 Å². The molecule has 1 aliphatic carbocycles. The number of rotatable bonds is 4. The third kappa shape index (κ3) is 4.00. The van der Waals surface area contributed by atoms with E-state index in [0.29, 0.717) is 23.9 Å². The molecule has 0 saturated heterocycles. The molecule has 1 aromatic rings. The van der Waals surface area contributed by atoms with Crippen molar-refractivity contribution in [1.82, 2.24) is 5.32 Å². The predicted molar refractivity (Wildman–Crippen MR) is 74.1 cm³/mol. The molecule has 0 heterocycles. The van der Waals surface area contributed by atoms with Crippen molar-refractivity contribution < 1.29 is 8.78 Å². The number of benzene rings is 1. The quantitative estimate of drug-likeness (QED) is 0.811. The first kappa shape index (κ1) is 14.4. The second kappa shape index (κ2) is 6.99. The first-order valence-electron chi connectivity index (χ1n) is 7.38. The second-order valence-corrected chi connectivity index (χ2v) is 5.50. The molecule has 0 aliphatic heterocycles. The Morgan fingerprint density at radius 3 is 2.68 bits per heavy atom. The molecular formula is C16H23F2N. The lowest BCUT2D eigenvalue weighted by Crippen LogP contribution is -2.36. The Morgan fingerprint density at radius 1 is 1.16 bits per heavy atom. The van der Waals surface area contributed by atoms with Gasteiger partial charge in [-0.3, -0.25) is 0 Å². The molecule has 1 nitrogen and oxygen atoms in total.